The number of carbonyl (C=O) groups excluding carboxylic acids is 1. The fraction of sp³-hybridized carbons (Fsp3) is 0.348. The van der Waals surface area contributed by atoms with E-state index in [2.05, 4.69) is 15.9 Å². The molecule has 3 aromatic rings. The Kier molecular flexibility index (Phi) is 7.39. The van der Waals surface area contributed by atoms with E-state index < -0.39 is 0 Å². The van der Waals surface area contributed by atoms with E-state index in [1.54, 1.807) is 28.7 Å². The summed E-state index contributed by atoms with van der Waals surface area (Å²) >= 11 is 3.43. The van der Waals surface area contributed by atoms with Gasteiger partial charge in [0.2, 0.25) is 0 Å². The van der Waals surface area contributed by atoms with Gasteiger partial charge in [0, 0.05) is 23.7 Å². The smallest absolute Gasteiger partial charge is 0.261 e. The standard InChI is InChI=1S/C23H26BrN3O3/c1-4-20(26(5-2)22(28)16-9-8-10-17(24)15-16)21-25-19-12-7-6-11-18(19)23(29)27(21)13-14-30-3/h6-12,15,20H,4-5,13-14H2,1-3H3. The summed E-state index contributed by atoms with van der Waals surface area (Å²) in [5.41, 5.74) is 1.11. The van der Waals surface area contributed by atoms with Crippen molar-refractivity contribution in [2.45, 2.75) is 32.9 Å². The number of aromatic nitrogens is 2. The number of benzene rings is 2. The van der Waals surface area contributed by atoms with Crippen molar-refractivity contribution >= 4 is 32.7 Å². The summed E-state index contributed by atoms with van der Waals surface area (Å²) in [6.07, 6.45) is 0.630. The van der Waals surface area contributed by atoms with Gasteiger partial charge in [-0.05, 0) is 43.7 Å². The molecule has 0 saturated carbocycles. The van der Waals surface area contributed by atoms with Gasteiger partial charge in [-0.15, -0.1) is 0 Å². The maximum absolute atomic E-state index is 13.3. The molecular formula is C23H26BrN3O3. The van der Waals surface area contributed by atoms with Crippen molar-refractivity contribution < 1.29 is 9.53 Å². The van der Waals surface area contributed by atoms with Gasteiger partial charge in [-0.25, -0.2) is 4.98 Å². The molecule has 30 heavy (non-hydrogen) atoms. The molecule has 1 heterocycles. The zero-order chi connectivity index (χ0) is 21.7. The molecule has 6 nitrogen and oxygen atoms in total. The average Bonchev–Trinajstić information content (AvgIpc) is 2.76. The number of amides is 1. The first-order chi connectivity index (χ1) is 14.5. The average molecular weight is 472 g/mol. The molecule has 1 unspecified atom stereocenters. The Morgan fingerprint density at radius 2 is 1.97 bits per heavy atom. The van der Waals surface area contributed by atoms with E-state index in [1.165, 1.54) is 0 Å². The summed E-state index contributed by atoms with van der Waals surface area (Å²) < 4.78 is 7.72. The molecular weight excluding hydrogens is 446 g/mol. The highest BCUT2D eigenvalue weighted by Gasteiger charge is 2.28. The van der Waals surface area contributed by atoms with Gasteiger partial charge in [-0.1, -0.05) is 41.1 Å². The number of carbonyl (C=O) groups is 1. The molecule has 2 aromatic carbocycles. The van der Waals surface area contributed by atoms with E-state index >= 15 is 0 Å². The summed E-state index contributed by atoms with van der Waals surface area (Å²) in [5, 5.41) is 0.563. The summed E-state index contributed by atoms with van der Waals surface area (Å²) in [4.78, 5) is 33.2. The van der Waals surface area contributed by atoms with Crippen molar-refractivity contribution in [1.82, 2.24) is 14.5 Å². The molecule has 0 aliphatic rings. The topological polar surface area (TPSA) is 64.4 Å². The van der Waals surface area contributed by atoms with Crippen molar-refractivity contribution in [1.29, 1.82) is 0 Å². The Bertz CT molecular complexity index is 1100. The number of rotatable bonds is 8. The fourth-order valence-electron chi connectivity index (χ4n) is 3.67. The van der Waals surface area contributed by atoms with Crippen LogP contribution in [-0.2, 0) is 11.3 Å². The van der Waals surface area contributed by atoms with Gasteiger partial charge in [0.1, 0.15) is 5.82 Å². The quantitative estimate of drug-likeness (QED) is 0.487. The van der Waals surface area contributed by atoms with Gasteiger partial charge in [0.05, 0.1) is 30.1 Å². The molecule has 1 amide bonds. The van der Waals surface area contributed by atoms with E-state index in [-0.39, 0.29) is 17.5 Å². The Morgan fingerprint density at radius 1 is 1.20 bits per heavy atom. The second kappa shape index (κ2) is 10.00. The van der Waals surface area contributed by atoms with Crippen LogP contribution < -0.4 is 5.56 Å². The highest BCUT2D eigenvalue weighted by molar-refractivity contribution is 9.10. The lowest BCUT2D eigenvalue weighted by Gasteiger charge is -2.31. The largest absolute Gasteiger partial charge is 0.383 e. The van der Waals surface area contributed by atoms with Crippen LogP contribution in [0.4, 0.5) is 0 Å². The highest BCUT2D eigenvalue weighted by atomic mass is 79.9. The van der Waals surface area contributed by atoms with E-state index in [4.69, 9.17) is 9.72 Å². The van der Waals surface area contributed by atoms with E-state index in [1.807, 2.05) is 50.2 Å². The molecule has 7 heteroatoms. The molecule has 0 fully saturated rings. The van der Waals surface area contributed by atoms with E-state index in [0.717, 1.165) is 4.47 Å². The summed E-state index contributed by atoms with van der Waals surface area (Å²) in [6, 6.07) is 14.3. The fourth-order valence-corrected chi connectivity index (χ4v) is 4.07. The molecule has 0 aliphatic heterocycles. The number of nitrogens with zero attached hydrogens (tertiary/aromatic N) is 3. The molecule has 0 radical (unpaired) electrons. The Morgan fingerprint density at radius 3 is 2.63 bits per heavy atom. The van der Waals surface area contributed by atoms with Gasteiger partial charge >= 0.3 is 0 Å². The number of hydrogen-bond acceptors (Lipinski definition) is 4. The Labute approximate surface area is 184 Å². The normalized spacial score (nSPS) is 12.1. The lowest BCUT2D eigenvalue weighted by atomic mass is 10.1. The first-order valence-corrected chi connectivity index (χ1v) is 10.9. The molecule has 3 rings (SSSR count). The molecule has 0 spiro atoms. The first-order valence-electron chi connectivity index (χ1n) is 10.1. The van der Waals surface area contributed by atoms with Crippen molar-refractivity contribution in [3.8, 4) is 0 Å². The van der Waals surface area contributed by atoms with Crippen LogP contribution in [0.25, 0.3) is 10.9 Å². The van der Waals surface area contributed by atoms with Crippen LogP contribution in [0, 0.1) is 0 Å². The van der Waals surface area contributed by atoms with Gasteiger partial charge in [0.25, 0.3) is 11.5 Å². The third kappa shape index (κ3) is 4.47. The van der Waals surface area contributed by atoms with Crippen LogP contribution >= 0.6 is 15.9 Å². The number of fused-ring (bicyclic) bond motifs is 1. The first kappa shape index (κ1) is 22.2. The number of hydrogen-bond donors (Lipinski definition) is 0. The van der Waals surface area contributed by atoms with Gasteiger partial charge < -0.3 is 9.64 Å². The summed E-state index contributed by atoms with van der Waals surface area (Å²) in [5.74, 6) is 0.495. The van der Waals surface area contributed by atoms with E-state index in [0.29, 0.717) is 48.4 Å². The van der Waals surface area contributed by atoms with Crippen LogP contribution in [0.3, 0.4) is 0 Å². The van der Waals surface area contributed by atoms with Crippen LogP contribution in [-0.4, -0.2) is 40.6 Å². The SMILES string of the molecule is CCC(c1nc2ccccc2c(=O)n1CCOC)N(CC)C(=O)c1cccc(Br)c1. The lowest BCUT2D eigenvalue weighted by molar-refractivity contribution is 0.0667. The zero-order valence-electron chi connectivity index (χ0n) is 17.5. The number of para-hydroxylation sites is 1. The van der Waals surface area contributed by atoms with Crippen molar-refractivity contribution in [2.75, 3.05) is 20.3 Å². The predicted octanol–water partition coefficient (Wildman–Crippen LogP) is 4.42. The maximum Gasteiger partial charge on any atom is 0.261 e. The highest BCUT2D eigenvalue weighted by Crippen LogP contribution is 2.26. The van der Waals surface area contributed by atoms with Crippen molar-refractivity contribution in [3.63, 3.8) is 0 Å². The minimum atomic E-state index is -0.337. The monoisotopic (exact) mass is 471 g/mol. The molecule has 158 valence electrons. The zero-order valence-corrected chi connectivity index (χ0v) is 19.1. The van der Waals surface area contributed by atoms with Crippen LogP contribution in [0.15, 0.2) is 57.8 Å². The Hall–Kier alpha value is -2.51. The van der Waals surface area contributed by atoms with Crippen LogP contribution in [0.5, 0.6) is 0 Å². The van der Waals surface area contributed by atoms with Gasteiger partial charge in [0.15, 0.2) is 0 Å². The molecule has 0 saturated heterocycles. The van der Waals surface area contributed by atoms with Gasteiger partial charge in [-0.3, -0.25) is 14.2 Å². The Balaban J connectivity index is 2.14. The number of halogens is 1. The van der Waals surface area contributed by atoms with Gasteiger partial charge in [-0.2, -0.15) is 0 Å². The molecule has 0 aliphatic carbocycles. The summed E-state index contributed by atoms with van der Waals surface area (Å²) in [6.45, 7) is 5.20. The molecule has 0 bridgehead atoms. The van der Waals surface area contributed by atoms with Crippen LogP contribution in [0.2, 0.25) is 0 Å². The van der Waals surface area contributed by atoms with Crippen molar-refractivity contribution in [2.24, 2.45) is 0 Å². The van der Waals surface area contributed by atoms with E-state index in [9.17, 15) is 9.59 Å². The molecule has 1 atom stereocenters. The summed E-state index contributed by atoms with van der Waals surface area (Å²) in [7, 11) is 1.60. The maximum atomic E-state index is 13.3. The predicted molar refractivity (Wildman–Crippen MR) is 122 cm³/mol. The third-order valence-corrected chi connectivity index (χ3v) is 5.64. The molecule has 0 N–H and O–H groups in total. The lowest BCUT2D eigenvalue weighted by Crippen LogP contribution is -2.39. The number of methoxy groups -OCH3 is 1. The third-order valence-electron chi connectivity index (χ3n) is 5.14. The minimum Gasteiger partial charge on any atom is -0.383 e. The second-order valence-corrected chi connectivity index (χ2v) is 7.88. The van der Waals surface area contributed by atoms with Crippen molar-refractivity contribution in [3.05, 3.63) is 74.7 Å². The number of ether oxygens (including phenoxy) is 1. The minimum absolute atomic E-state index is 0.0913. The molecule has 1 aromatic heterocycles. The van der Waals surface area contributed by atoms with Crippen LogP contribution in [0.1, 0.15) is 42.5 Å². The second-order valence-electron chi connectivity index (χ2n) is 6.96.